The lowest BCUT2D eigenvalue weighted by Gasteiger charge is -2.32. The number of aromatic nitrogens is 1. The summed E-state index contributed by atoms with van der Waals surface area (Å²) < 4.78 is 11.0. The predicted molar refractivity (Wildman–Crippen MR) is 122 cm³/mol. The van der Waals surface area contributed by atoms with Crippen molar-refractivity contribution in [3.05, 3.63) is 59.4 Å². The van der Waals surface area contributed by atoms with Crippen LogP contribution < -0.4 is 10.1 Å². The molecule has 31 heavy (non-hydrogen) atoms. The van der Waals surface area contributed by atoms with Gasteiger partial charge in [0.05, 0.1) is 13.7 Å². The van der Waals surface area contributed by atoms with E-state index in [1.54, 1.807) is 19.5 Å². The first-order valence-electron chi connectivity index (χ1n) is 11.3. The molecule has 1 saturated heterocycles. The summed E-state index contributed by atoms with van der Waals surface area (Å²) in [5, 5.41) is 3.00. The summed E-state index contributed by atoms with van der Waals surface area (Å²) in [7, 11) is 1.70. The molecular formula is C25H35N3O3. The summed E-state index contributed by atoms with van der Waals surface area (Å²) in [4.78, 5) is 18.7. The summed E-state index contributed by atoms with van der Waals surface area (Å²) in [5.74, 6) is 1.65. The molecule has 0 atom stereocenters. The standard InChI is InChI=1S/C25H35N3O3/c1-3-31-19-23-15-21(6-8-24(23)30-2)18-28-13-10-20(11-14-28)7-9-25(29)27-17-22-5-4-12-26-16-22/h4-6,8,12,15-16,20H,3,7,9-11,13-14,17-19H2,1-2H3,(H,27,29). The van der Waals surface area contributed by atoms with Crippen LogP contribution in [0.4, 0.5) is 0 Å². The minimum absolute atomic E-state index is 0.131. The zero-order chi connectivity index (χ0) is 21.9. The Morgan fingerprint density at radius 3 is 2.77 bits per heavy atom. The van der Waals surface area contributed by atoms with Crippen LogP contribution in [0.1, 0.15) is 49.3 Å². The molecule has 0 aliphatic carbocycles. The molecule has 6 nitrogen and oxygen atoms in total. The van der Waals surface area contributed by atoms with Crippen LogP contribution in [0.15, 0.2) is 42.7 Å². The van der Waals surface area contributed by atoms with Gasteiger partial charge in [-0.05, 0) is 74.5 Å². The van der Waals surface area contributed by atoms with Gasteiger partial charge in [-0.3, -0.25) is 14.7 Å². The molecule has 1 aromatic carbocycles. The number of hydrogen-bond donors (Lipinski definition) is 1. The Morgan fingerprint density at radius 2 is 2.06 bits per heavy atom. The molecule has 1 fully saturated rings. The molecule has 1 N–H and O–H groups in total. The second kappa shape index (κ2) is 12.4. The number of piperidine rings is 1. The van der Waals surface area contributed by atoms with Crippen molar-refractivity contribution >= 4 is 5.91 Å². The van der Waals surface area contributed by atoms with E-state index in [-0.39, 0.29) is 5.91 Å². The highest BCUT2D eigenvalue weighted by molar-refractivity contribution is 5.75. The molecule has 1 aliphatic rings. The highest BCUT2D eigenvalue weighted by Gasteiger charge is 2.20. The van der Waals surface area contributed by atoms with Gasteiger partial charge < -0.3 is 14.8 Å². The molecule has 1 aliphatic heterocycles. The van der Waals surface area contributed by atoms with Crippen LogP contribution in [-0.4, -0.2) is 42.6 Å². The Hall–Kier alpha value is -2.44. The van der Waals surface area contributed by atoms with E-state index in [0.717, 1.165) is 55.8 Å². The first kappa shape index (κ1) is 23.2. The van der Waals surface area contributed by atoms with Crippen LogP contribution in [0.5, 0.6) is 5.75 Å². The summed E-state index contributed by atoms with van der Waals surface area (Å²) in [6, 6.07) is 10.3. The molecule has 0 radical (unpaired) electrons. The molecule has 1 aromatic heterocycles. The summed E-state index contributed by atoms with van der Waals surface area (Å²) >= 11 is 0. The number of likely N-dealkylation sites (tertiary alicyclic amines) is 1. The first-order chi connectivity index (χ1) is 15.2. The normalized spacial score (nSPS) is 15.0. The van der Waals surface area contributed by atoms with Crippen LogP contribution >= 0.6 is 0 Å². The van der Waals surface area contributed by atoms with Crippen molar-refractivity contribution in [2.24, 2.45) is 5.92 Å². The Balaban J connectivity index is 1.38. The van der Waals surface area contributed by atoms with E-state index in [9.17, 15) is 4.79 Å². The minimum Gasteiger partial charge on any atom is -0.496 e. The number of carbonyl (C=O) groups is 1. The highest BCUT2D eigenvalue weighted by Crippen LogP contribution is 2.25. The Kier molecular flexibility index (Phi) is 9.31. The largest absolute Gasteiger partial charge is 0.496 e. The molecule has 3 rings (SSSR count). The fraction of sp³-hybridized carbons (Fsp3) is 0.520. The molecule has 1 amide bonds. The number of rotatable bonds is 11. The summed E-state index contributed by atoms with van der Waals surface area (Å²) in [5.41, 5.74) is 3.44. The van der Waals surface area contributed by atoms with Crippen molar-refractivity contribution in [3.63, 3.8) is 0 Å². The van der Waals surface area contributed by atoms with Gasteiger partial charge in [-0.25, -0.2) is 0 Å². The second-order valence-corrected chi connectivity index (χ2v) is 8.18. The Bertz CT molecular complexity index is 805. The van der Waals surface area contributed by atoms with Gasteiger partial charge >= 0.3 is 0 Å². The van der Waals surface area contributed by atoms with Crippen LogP contribution in [0.25, 0.3) is 0 Å². The van der Waals surface area contributed by atoms with E-state index in [2.05, 4.69) is 27.3 Å². The Morgan fingerprint density at radius 1 is 1.23 bits per heavy atom. The number of ether oxygens (including phenoxy) is 2. The Labute approximate surface area is 186 Å². The zero-order valence-corrected chi connectivity index (χ0v) is 18.8. The van der Waals surface area contributed by atoms with E-state index in [1.165, 1.54) is 5.56 Å². The lowest BCUT2D eigenvalue weighted by molar-refractivity contribution is -0.121. The number of amides is 1. The summed E-state index contributed by atoms with van der Waals surface area (Å²) in [6.07, 6.45) is 7.40. The van der Waals surface area contributed by atoms with Gasteiger partial charge in [-0.15, -0.1) is 0 Å². The van der Waals surface area contributed by atoms with Crippen molar-refractivity contribution in [1.29, 1.82) is 0 Å². The number of hydrogen-bond acceptors (Lipinski definition) is 5. The van der Waals surface area contributed by atoms with Crippen molar-refractivity contribution in [2.45, 2.75) is 52.3 Å². The maximum absolute atomic E-state index is 12.2. The highest BCUT2D eigenvalue weighted by atomic mass is 16.5. The molecule has 2 heterocycles. The third-order valence-corrected chi connectivity index (χ3v) is 5.91. The molecule has 0 spiro atoms. The lowest BCUT2D eigenvalue weighted by Crippen LogP contribution is -2.33. The average molecular weight is 426 g/mol. The smallest absolute Gasteiger partial charge is 0.220 e. The average Bonchev–Trinajstić information content (AvgIpc) is 2.81. The van der Waals surface area contributed by atoms with Gasteiger partial charge in [0.15, 0.2) is 0 Å². The van der Waals surface area contributed by atoms with E-state index in [1.807, 2.05) is 25.1 Å². The SMILES string of the molecule is CCOCc1cc(CN2CCC(CCC(=O)NCc3cccnc3)CC2)ccc1OC. The molecule has 0 bridgehead atoms. The zero-order valence-electron chi connectivity index (χ0n) is 18.8. The number of carbonyl (C=O) groups excluding carboxylic acids is 1. The number of nitrogens with one attached hydrogen (secondary N) is 1. The van der Waals surface area contributed by atoms with Gasteiger partial charge in [-0.2, -0.15) is 0 Å². The molecule has 0 saturated carbocycles. The number of methoxy groups -OCH3 is 1. The van der Waals surface area contributed by atoms with Crippen LogP contribution in [-0.2, 0) is 29.2 Å². The monoisotopic (exact) mass is 425 g/mol. The van der Waals surface area contributed by atoms with E-state index >= 15 is 0 Å². The molecule has 0 unspecified atom stereocenters. The number of pyridine rings is 1. The van der Waals surface area contributed by atoms with Crippen LogP contribution in [0, 0.1) is 5.92 Å². The van der Waals surface area contributed by atoms with Gasteiger partial charge in [0.25, 0.3) is 0 Å². The number of nitrogens with zero attached hydrogens (tertiary/aromatic N) is 2. The molecule has 2 aromatic rings. The maximum Gasteiger partial charge on any atom is 0.220 e. The van der Waals surface area contributed by atoms with Gasteiger partial charge in [0.2, 0.25) is 5.91 Å². The van der Waals surface area contributed by atoms with Crippen LogP contribution in [0.2, 0.25) is 0 Å². The van der Waals surface area contributed by atoms with Gasteiger partial charge in [0.1, 0.15) is 5.75 Å². The predicted octanol–water partition coefficient (Wildman–Crippen LogP) is 3.94. The quantitative estimate of drug-likeness (QED) is 0.591. The van der Waals surface area contributed by atoms with E-state index in [0.29, 0.717) is 32.1 Å². The first-order valence-corrected chi connectivity index (χ1v) is 11.3. The fourth-order valence-electron chi connectivity index (χ4n) is 4.07. The van der Waals surface area contributed by atoms with E-state index < -0.39 is 0 Å². The third kappa shape index (κ3) is 7.64. The molecule has 6 heteroatoms. The minimum atomic E-state index is 0.131. The van der Waals surface area contributed by atoms with Crippen molar-refractivity contribution in [1.82, 2.24) is 15.2 Å². The van der Waals surface area contributed by atoms with E-state index in [4.69, 9.17) is 9.47 Å². The lowest BCUT2D eigenvalue weighted by atomic mass is 9.91. The second-order valence-electron chi connectivity index (χ2n) is 8.18. The van der Waals surface area contributed by atoms with Crippen molar-refractivity contribution in [3.8, 4) is 5.75 Å². The molecule has 168 valence electrons. The van der Waals surface area contributed by atoms with Crippen molar-refractivity contribution in [2.75, 3.05) is 26.8 Å². The van der Waals surface area contributed by atoms with Crippen LogP contribution in [0.3, 0.4) is 0 Å². The third-order valence-electron chi connectivity index (χ3n) is 5.91. The van der Waals surface area contributed by atoms with Gasteiger partial charge in [0, 0.05) is 44.1 Å². The number of benzene rings is 1. The van der Waals surface area contributed by atoms with Crippen molar-refractivity contribution < 1.29 is 14.3 Å². The fourth-order valence-corrected chi connectivity index (χ4v) is 4.07. The maximum atomic E-state index is 12.2. The van der Waals surface area contributed by atoms with Gasteiger partial charge in [-0.1, -0.05) is 12.1 Å². The summed E-state index contributed by atoms with van der Waals surface area (Å²) in [6.45, 7) is 6.94. The topological polar surface area (TPSA) is 63.7 Å². The molecular weight excluding hydrogens is 390 g/mol.